The van der Waals surface area contributed by atoms with E-state index < -0.39 is 0 Å². The first kappa shape index (κ1) is 10.7. The maximum absolute atomic E-state index is 11.6. The first-order valence-electron chi connectivity index (χ1n) is 4.84. The number of nitrogen functional groups attached to an aromatic ring is 1. The van der Waals surface area contributed by atoms with Gasteiger partial charge in [-0.2, -0.15) is 0 Å². The van der Waals surface area contributed by atoms with E-state index in [-0.39, 0.29) is 5.78 Å². The summed E-state index contributed by atoms with van der Waals surface area (Å²) in [7, 11) is 0. The Morgan fingerprint density at radius 1 is 1.57 bits per heavy atom. The molecule has 0 amide bonds. The third kappa shape index (κ3) is 2.83. The zero-order valence-corrected chi connectivity index (χ0v) is 8.66. The van der Waals surface area contributed by atoms with Crippen LogP contribution in [0, 0.1) is 5.92 Å². The molecule has 3 nitrogen and oxygen atoms in total. The highest BCUT2D eigenvalue weighted by Crippen LogP contribution is 2.14. The van der Waals surface area contributed by atoms with Crippen LogP contribution in [0.3, 0.4) is 0 Å². The van der Waals surface area contributed by atoms with Crippen LogP contribution in [-0.4, -0.2) is 10.8 Å². The summed E-state index contributed by atoms with van der Waals surface area (Å²) in [6.07, 6.45) is 4.58. The number of rotatable bonds is 4. The van der Waals surface area contributed by atoms with Crippen LogP contribution in [0.25, 0.3) is 0 Å². The van der Waals surface area contributed by atoms with Crippen LogP contribution >= 0.6 is 0 Å². The molecule has 2 N–H and O–H groups in total. The van der Waals surface area contributed by atoms with E-state index in [1.165, 1.54) is 6.20 Å². The average Bonchev–Trinajstić information content (AvgIpc) is 2.15. The zero-order chi connectivity index (χ0) is 10.6. The highest BCUT2D eigenvalue weighted by molar-refractivity contribution is 6.00. The highest BCUT2D eigenvalue weighted by atomic mass is 16.1. The molecule has 0 bridgehead atoms. The zero-order valence-electron chi connectivity index (χ0n) is 8.66. The highest BCUT2D eigenvalue weighted by Gasteiger charge is 2.09. The summed E-state index contributed by atoms with van der Waals surface area (Å²) in [4.78, 5) is 15.5. The summed E-state index contributed by atoms with van der Waals surface area (Å²) in [5.74, 6) is 0.626. The van der Waals surface area contributed by atoms with Gasteiger partial charge in [0, 0.05) is 24.5 Å². The molecule has 0 aromatic carbocycles. The van der Waals surface area contributed by atoms with E-state index in [9.17, 15) is 4.79 Å². The maximum Gasteiger partial charge on any atom is 0.166 e. The van der Waals surface area contributed by atoms with Crippen molar-refractivity contribution in [2.75, 3.05) is 5.73 Å². The molecule has 1 aromatic heterocycles. The van der Waals surface area contributed by atoms with E-state index in [2.05, 4.69) is 18.8 Å². The number of carbonyl (C=O) groups excluding carboxylic acids is 1. The van der Waals surface area contributed by atoms with Crippen molar-refractivity contribution >= 4 is 11.5 Å². The molecule has 0 aliphatic carbocycles. The fourth-order valence-electron chi connectivity index (χ4n) is 1.19. The summed E-state index contributed by atoms with van der Waals surface area (Å²) < 4.78 is 0. The molecule has 0 aliphatic rings. The number of ketones is 1. The van der Waals surface area contributed by atoms with Gasteiger partial charge in [-0.15, -0.1) is 0 Å². The normalized spacial score (nSPS) is 10.5. The Balaban J connectivity index is 2.65. The van der Waals surface area contributed by atoms with Gasteiger partial charge in [-0.1, -0.05) is 13.8 Å². The summed E-state index contributed by atoms with van der Waals surface area (Å²) in [5, 5.41) is 0. The first-order chi connectivity index (χ1) is 6.61. The topological polar surface area (TPSA) is 56.0 Å². The number of anilines is 1. The summed E-state index contributed by atoms with van der Waals surface area (Å²) >= 11 is 0. The van der Waals surface area contributed by atoms with E-state index in [4.69, 9.17) is 5.73 Å². The quantitative estimate of drug-likeness (QED) is 0.744. The van der Waals surface area contributed by atoms with E-state index in [0.717, 1.165) is 6.42 Å². The van der Waals surface area contributed by atoms with Crippen LogP contribution in [0.5, 0.6) is 0 Å². The Morgan fingerprint density at radius 3 is 2.86 bits per heavy atom. The minimum absolute atomic E-state index is 0.0873. The standard InChI is InChI=1S/C11H16N2O/c1-8(2)3-4-11(14)9-7-13-6-5-10(9)12/h5-8H,3-4H2,1-2H3,(H2,12,13). The number of nitrogens with zero attached hydrogens (tertiary/aromatic N) is 1. The SMILES string of the molecule is CC(C)CCC(=O)c1cnccc1N. The lowest BCUT2D eigenvalue weighted by atomic mass is 10.0. The molecule has 0 aliphatic heterocycles. The second-order valence-corrected chi connectivity index (χ2v) is 3.82. The lowest BCUT2D eigenvalue weighted by molar-refractivity contribution is 0.0976. The maximum atomic E-state index is 11.6. The van der Waals surface area contributed by atoms with E-state index in [1.807, 2.05) is 0 Å². The molecule has 0 atom stereocenters. The minimum atomic E-state index is 0.0873. The fraction of sp³-hybridized carbons (Fsp3) is 0.455. The van der Waals surface area contributed by atoms with Gasteiger partial charge < -0.3 is 5.73 Å². The molecule has 14 heavy (non-hydrogen) atoms. The van der Waals surface area contributed by atoms with Gasteiger partial charge >= 0.3 is 0 Å². The predicted octanol–water partition coefficient (Wildman–Crippen LogP) is 2.28. The fourth-order valence-corrected chi connectivity index (χ4v) is 1.19. The second kappa shape index (κ2) is 4.74. The average molecular weight is 192 g/mol. The number of Topliss-reactive ketones (excluding diaryl/α,β-unsaturated/α-hetero) is 1. The van der Waals surface area contributed by atoms with Crippen LogP contribution in [0.1, 0.15) is 37.0 Å². The Kier molecular flexibility index (Phi) is 3.63. The Hall–Kier alpha value is -1.38. The largest absolute Gasteiger partial charge is 0.398 e. The third-order valence-electron chi connectivity index (χ3n) is 2.10. The van der Waals surface area contributed by atoms with Gasteiger partial charge in [0.05, 0.1) is 5.56 Å². The van der Waals surface area contributed by atoms with Crippen molar-refractivity contribution < 1.29 is 4.79 Å². The Morgan fingerprint density at radius 2 is 2.29 bits per heavy atom. The van der Waals surface area contributed by atoms with Gasteiger partial charge in [0.2, 0.25) is 0 Å². The monoisotopic (exact) mass is 192 g/mol. The van der Waals surface area contributed by atoms with Gasteiger partial charge in [-0.05, 0) is 18.4 Å². The third-order valence-corrected chi connectivity index (χ3v) is 2.10. The number of carbonyl (C=O) groups is 1. The van der Waals surface area contributed by atoms with Crippen molar-refractivity contribution in [1.82, 2.24) is 4.98 Å². The van der Waals surface area contributed by atoms with Crippen LogP contribution in [0.4, 0.5) is 5.69 Å². The van der Waals surface area contributed by atoms with E-state index in [0.29, 0.717) is 23.6 Å². The van der Waals surface area contributed by atoms with Crippen molar-refractivity contribution in [1.29, 1.82) is 0 Å². The first-order valence-corrected chi connectivity index (χ1v) is 4.84. The van der Waals surface area contributed by atoms with Crippen LogP contribution in [0.15, 0.2) is 18.5 Å². The molecule has 0 unspecified atom stereocenters. The second-order valence-electron chi connectivity index (χ2n) is 3.82. The number of hydrogen-bond acceptors (Lipinski definition) is 3. The van der Waals surface area contributed by atoms with Gasteiger partial charge in [-0.25, -0.2) is 0 Å². The molecular weight excluding hydrogens is 176 g/mol. The number of aromatic nitrogens is 1. The smallest absolute Gasteiger partial charge is 0.166 e. The summed E-state index contributed by atoms with van der Waals surface area (Å²) in [5.41, 5.74) is 6.74. The van der Waals surface area contributed by atoms with Gasteiger partial charge in [0.1, 0.15) is 0 Å². The lowest BCUT2D eigenvalue weighted by Gasteiger charge is -2.05. The van der Waals surface area contributed by atoms with Gasteiger partial charge in [0.15, 0.2) is 5.78 Å². The van der Waals surface area contributed by atoms with Gasteiger partial charge in [-0.3, -0.25) is 9.78 Å². The number of pyridine rings is 1. The predicted molar refractivity (Wildman–Crippen MR) is 57.1 cm³/mol. The molecule has 0 radical (unpaired) electrons. The molecule has 1 rings (SSSR count). The molecule has 1 heterocycles. The van der Waals surface area contributed by atoms with Crippen molar-refractivity contribution in [3.05, 3.63) is 24.0 Å². The number of nitrogens with two attached hydrogens (primary N) is 1. The van der Waals surface area contributed by atoms with Crippen LogP contribution in [-0.2, 0) is 0 Å². The van der Waals surface area contributed by atoms with Crippen molar-refractivity contribution in [2.45, 2.75) is 26.7 Å². The summed E-state index contributed by atoms with van der Waals surface area (Å²) in [6, 6.07) is 1.66. The molecule has 0 saturated heterocycles. The molecule has 0 fully saturated rings. The molecule has 0 spiro atoms. The van der Waals surface area contributed by atoms with Gasteiger partial charge in [0.25, 0.3) is 0 Å². The van der Waals surface area contributed by atoms with Crippen molar-refractivity contribution in [2.24, 2.45) is 5.92 Å². The van der Waals surface area contributed by atoms with Crippen molar-refractivity contribution in [3.8, 4) is 0 Å². The van der Waals surface area contributed by atoms with Crippen LogP contribution in [0.2, 0.25) is 0 Å². The number of hydrogen-bond donors (Lipinski definition) is 1. The molecular formula is C11H16N2O. The van der Waals surface area contributed by atoms with Crippen LogP contribution < -0.4 is 5.73 Å². The minimum Gasteiger partial charge on any atom is -0.398 e. The van der Waals surface area contributed by atoms with E-state index >= 15 is 0 Å². The summed E-state index contributed by atoms with van der Waals surface area (Å²) in [6.45, 7) is 4.19. The molecule has 76 valence electrons. The molecule has 0 saturated carbocycles. The molecule has 1 aromatic rings. The Bertz CT molecular complexity index is 321. The lowest BCUT2D eigenvalue weighted by Crippen LogP contribution is -2.05. The Labute approximate surface area is 84.3 Å². The van der Waals surface area contributed by atoms with Crippen molar-refractivity contribution in [3.63, 3.8) is 0 Å². The van der Waals surface area contributed by atoms with E-state index in [1.54, 1.807) is 12.3 Å². The molecule has 3 heteroatoms.